The van der Waals surface area contributed by atoms with E-state index in [0.29, 0.717) is 0 Å². The van der Waals surface area contributed by atoms with Crippen LogP contribution in [-0.4, -0.2) is 7.05 Å². The average molecular weight is 370 g/mol. The van der Waals surface area contributed by atoms with Crippen LogP contribution < -0.4 is 4.90 Å². The predicted octanol–water partition coefficient (Wildman–Crippen LogP) is 7.23. The lowest BCUT2D eigenvalue weighted by atomic mass is 10.1. The Labute approximate surface area is 165 Å². The molecule has 0 atom stereocenters. The molecule has 1 heterocycles. The third-order valence-corrected chi connectivity index (χ3v) is 6.04. The maximum atomic E-state index is 2.26. The van der Waals surface area contributed by atoms with Gasteiger partial charge in [-0.1, -0.05) is 66.3 Å². The summed E-state index contributed by atoms with van der Waals surface area (Å²) in [6.07, 6.45) is 11.6. The topological polar surface area (TPSA) is 3.24 Å². The number of nitrogens with zero attached hydrogens (tertiary/aromatic N) is 1. The first kappa shape index (κ1) is 17.6. The summed E-state index contributed by atoms with van der Waals surface area (Å²) >= 11 is 1.85. The zero-order chi connectivity index (χ0) is 18.6. The zero-order valence-corrected chi connectivity index (χ0v) is 16.5. The van der Waals surface area contributed by atoms with Crippen molar-refractivity contribution in [1.29, 1.82) is 0 Å². The molecule has 27 heavy (non-hydrogen) atoms. The van der Waals surface area contributed by atoms with Gasteiger partial charge in [-0.05, 0) is 48.4 Å². The second-order valence-electron chi connectivity index (χ2n) is 6.81. The van der Waals surface area contributed by atoms with Gasteiger partial charge in [-0.15, -0.1) is 11.3 Å². The number of allylic oxidation sites excluding steroid dienone is 5. The van der Waals surface area contributed by atoms with Gasteiger partial charge in [-0.25, -0.2) is 0 Å². The molecule has 0 saturated heterocycles. The summed E-state index contributed by atoms with van der Waals surface area (Å²) in [6.45, 7) is 2.14. The molecule has 1 aliphatic rings. The van der Waals surface area contributed by atoms with Crippen LogP contribution in [0.15, 0.2) is 96.7 Å². The van der Waals surface area contributed by atoms with Crippen LogP contribution in [0.2, 0.25) is 0 Å². The van der Waals surface area contributed by atoms with Crippen molar-refractivity contribution in [2.45, 2.75) is 13.3 Å². The highest BCUT2D eigenvalue weighted by molar-refractivity contribution is 7.18. The van der Waals surface area contributed by atoms with Gasteiger partial charge >= 0.3 is 0 Å². The first-order chi connectivity index (χ1) is 13.2. The molecule has 1 nitrogen and oxygen atoms in total. The van der Waals surface area contributed by atoms with Crippen LogP contribution in [0.5, 0.6) is 0 Å². The fraction of sp³-hybridized carbons (Fsp3) is 0.120. The van der Waals surface area contributed by atoms with Gasteiger partial charge in [-0.3, -0.25) is 0 Å². The Balaban J connectivity index is 1.55. The van der Waals surface area contributed by atoms with Crippen molar-refractivity contribution >= 4 is 17.0 Å². The van der Waals surface area contributed by atoms with Crippen LogP contribution in [0, 0.1) is 6.92 Å². The predicted molar refractivity (Wildman–Crippen MR) is 119 cm³/mol. The van der Waals surface area contributed by atoms with Crippen LogP contribution in [-0.2, 0) is 0 Å². The normalized spacial score (nSPS) is 13.3. The number of benzene rings is 2. The SMILES string of the molecule is Cc1cccc(-c2ccc(-c3ccc(N(C)C4=CC=CC=CC4)cc3)s2)c1. The second kappa shape index (κ2) is 7.81. The summed E-state index contributed by atoms with van der Waals surface area (Å²) in [5.74, 6) is 0. The number of aryl methyl sites for hydroxylation is 1. The van der Waals surface area contributed by atoms with E-state index in [0.717, 1.165) is 6.42 Å². The molecule has 0 aliphatic heterocycles. The van der Waals surface area contributed by atoms with Gasteiger partial charge in [0.15, 0.2) is 0 Å². The molecule has 2 heteroatoms. The summed E-state index contributed by atoms with van der Waals surface area (Å²) in [6, 6.07) is 22.0. The monoisotopic (exact) mass is 369 g/mol. The summed E-state index contributed by atoms with van der Waals surface area (Å²) < 4.78 is 0. The van der Waals surface area contributed by atoms with Gasteiger partial charge in [0, 0.05) is 34.6 Å². The average Bonchev–Trinajstić information content (AvgIpc) is 3.03. The fourth-order valence-corrected chi connectivity index (χ4v) is 4.28. The Morgan fingerprint density at radius 2 is 1.59 bits per heavy atom. The highest BCUT2D eigenvalue weighted by Gasteiger charge is 2.09. The van der Waals surface area contributed by atoms with E-state index in [1.807, 2.05) is 11.3 Å². The molecule has 0 N–H and O–H groups in total. The number of anilines is 1. The minimum atomic E-state index is 0.954. The van der Waals surface area contributed by atoms with Crippen LogP contribution in [0.25, 0.3) is 20.9 Å². The first-order valence-electron chi connectivity index (χ1n) is 9.24. The fourth-order valence-electron chi connectivity index (χ4n) is 3.28. The standard InChI is InChI=1S/C25H23NS/c1-19-8-7-9-21(18-19)25-17-16-24(27-25)20-12-14-23(15-13-20)26(2)22-10-5-3-4-6-11-22/h3-10,12-18H,11H2,1-2H3. The third-order valence-electron chi connectivity index (χ3n) is 4.85. The van der Waals surface area contributed by atoms with Crippen molar-refractivity contribution in [2.24, 2.45) is 0 Å². The summed E-state index contributed by atoms with van der Waals surface area (Å²) in [4.78, 5) is 4.88. The molecule has 0 unspecified atom stereocenters. The highest BCUT2D eigenvalue weighted by Crippen LogP contribution is 2.35. The Morgan fingerprint density at radius 3 is 2.37 bits per heavy atom. The molecule has 0 radical (unpaired) electrons. The van der Waals surface area contributed by atoms with Gasteiger partial charge in [0.1, 0.15) is 0 Å². The van der Waals surface area contributed by atoms with Gasteiger partial charge in [0.05, 0.1) is 0 Å². The smallest absolute Gasteiger partial charge is 0.0406 e. The maximum Gasteiger partial charge on any atom is 0.0406 e. The number of hydrogen-bond donors (Lipinski definition) is 0. The van der Waals surface area contributed by atoms with E-state index in [1.54, 1.807) is 0 Å². The molecule has 3 aromatic rings. The Hall–Kier alpha value is -2.84. The second-order valence-corrected chi connectivity index (χ2v) is 7.90. The van der Waals surface area contributed by atoms with Gasteiger partial charge in [-0.2, -0.15) is 0 Å². The van der Waals surface area contributed by atoms with Crippen LogP contribution in [0.1, 0.15) is 12.0 Å². The lowest BCUT2D eigenvalue weighted by Gasteiger charge is -2.22. The molecule has 0 fully saturated rings. The number of rotatable bonds is 4. The quantitative estimate of drug-likeness (QED) is 0.469. The molecule has 0 saturated carbocycles. The molecule has 134 valence electrons. The molecule has 1 aliphatic carbocycles. The Bertz CT molecular complexity index is 1020. The number of thiophene rings is 1. The summed E-state index contributed by atoms with van der Waals surface area (Å²) in [5, 5.41) is 0. The number of hydrogen-bond acceptors (Lipinski definition) is 2. The van der Waals surface area contributed by atoms with E-state index < -0.39 is 0 Å². The molecular formula is C25H23NS. The molecule has 2 aromatic carbocycles. The molecule has 0 bridgehead atoms. The molecule has 0 spiro atoms. The largest absolute Gasteiger partial charge is 0.348 e. The minimum absolute atomic E-state index is 0.954. The molecule has 0 amide bonds. The highest BCUT2D eigenvalue weighted by atomic mass is 32.1. The summed E-state index contributed by atoms with van der Waals surface area (Å²) in [5.41, 5.74) is 6.37. The van der Waals surface area contributed by atoms with Crippen molar-refractivity contribution in [3.8, 4) is 20.9 Å². The van der Waals surface area contributed by atoms with Crippen molar-refractivity contribution < 1.29 is 0 Å². The Morgan fingerprint density at radius 1 is 0.815 bits per heavy atom. The van der Waals surface area contributed by atoms with Crippen LogP contribution in [0.4, 0.5) is 5.69 Å². The Kier molecular flexibility index (Phi) is 5.08. The van der Waals surface area contributed by atoms with E-state index >= 15 is 0 Å². The third kappa shape index (κ3) is 3.96. The lowest BCUT2D eigenvalue weighted by molar-refractivity contribution is 1.03. The molecule has 1 aromatic heterocycles. The van der Waals surface area contributed by atoms with Crippen molar-refractivity contribution in [3.05, 3.63) is 102 Å². The van der Waals surface area contributed by atoms with Crippen LogP contribution in [0.3, 0.4) is 0 Å². The van der Waals surface area contributed by atoms with E-state index in [-0.39, 0.29) is 0 Å². The van der Waals surface area contributed by atoms with Crippen molar-refractivity contribution in [2.75, 3.05) is 11.9 Å². The van der Waals surface area contributed by atoms with Gasteiger partial charge < -0.3 is 4.90 Å². The van der Waals surface area contributed by atoms with E-state index in [2.05, 4.69) is 110 Å². The zero-order valence-electron chi connectivity index (χ0n) is 15.7. The lowest BCUT2D eigenvalue weighted by Crippen LogP contribution is -2.15. The van der Waals surface area contributed by atoms with Gasteiger partial charge in [0.2, 0.25) is 0 Å². The molecular weight excluding hydrogens is 346 g/mol. The first-order valence-corrected chi connectivity index (χ1v) is 10.1. The van der Waals surface area contributed by atoms with E-state index in [9.17, 15) is 0 Å². The maximum absolute atomic E-state index is 2.26. The summed E-state index contributed by atoms with van der Waals surface area (Å²) in [7, 11) is 2.13. The van der Waals surface area contributed by atoms with Crippen LogP contribution >= 0.6 is 11.3 Å². The van der Waals surface area contributed by atoms with Gasteiger partial charge in [0.25, 0.3) is 0 Å². The molecule has 4 rings (SSSR count). The van der Waals surface area contributed by atoms with Crippen molar-refractivity contribution in [1.82, 2.24) is 0 Å². The minimum Gasteiger partial charge on any atom is -0.348 e. The van der Waals surface area contributed by atoms with E-state index in [4.69, 9.17) is 0 Å². The van der Waals surface area contributed by atoms with Crippen molar-refractivity contribution in [3.63, 3.8) is 0 Å². The van der Waals surface area contributed by atoms with E-state index in [1.165, 1.54) is 37.8 Å².